The summed E-state index contributed by atoms with van der Waals surface area (Å²) in [6, 6.07) is 7.19. The first-order valence-corrected chi connectivity index (χ1v) is 9.27. The number of nitrogens with zero attached hydrogens (tertiary/aromatic N) is 5. The van der Waals surface area contributed by atoms with Gasteiger partial charge >= 0.3 is 0 Å². The van der Waals surface area contributed by atoms with Gasteiger partial charge in [0.2, 0.25) is 5.91 Å². The van der Waals surface area contributed by atoms with Crippen molar-refractivity contribution in [2.75, 3.05) is 5.32 Å². The number of aromatic nitrogens is 5. The molecule has 3 heterocycles. The SMILES string of the molecule is CCn1c(S[C@@H](C)C(=O)Nc2cccnc2Cl)nnc1-c1ccncc1. The number of thioether (sulfide) groups is 1. The molecule has 3 aromatic rings. The van der Waals surface area contributed by atoms with E-state index in [1.807, 2.05) is 30.5 Å². The van der Waals surface area contributed by atoms with E-state index >= 15 is 0 Å². The van der Waals surface area contributed by atoms with Gasteiger partial charge in [0.15, 0.2) is 16.1 Å². The van der Waals surface area contributed by atoms with Crippen molar-refractivity contribution in [3.05, 3.63) is 48.0 Å². The molecule has 9 heteroatoms. The third-order valence-electron chi connectivity index (χ3n) is 3.64. The van der Waals surface area contributed by atoms with E-state index in [1.165, 1.54) is 11.8 Å². The van der Waals surface area contributed by atoms with Crippen molar-refractivity contribution >= 4 is 35.0 Å². The molecule has 0 fully saturated rings. The van der Waals surface area contributed by atoms with Crippen LogP contribution in [-0.4, -0.2) is 35.9 Å². The molecular formula is C17H17ClN6OS. The van der Waals surface area contributed by atoms with Gasteiger partial charge in [-0.1, -0.05) is 23.4 Å². The van der Waals surface area contributed by atoms with Crippen LogP contribution >= 0.6 is 23.4 Å². The molecule has 7 nitrogen and oxygen atoms in total. The zero-order valence-electron chi connectivity index (χ0n) is 14.3. The monoisotopic (exact) mass is 388 g/mol. The van der Waals surface area contributed by atoms with Gasteiger partial charge in [0.1, 0.15) is 0 Å². The van der Waals surface area contributed by atoms with Crippen molar-refractivity contribution in [2.45, 2.75) is 30.8 Å². The summed E-state index contributed by atoms with van der Waals surface area (Å²) in [5.41, 5.74) is 1.42. The number of pyridine rings is 2. The van der Waals surface area contributed by atoms with Crippen molar-refractivity contribution in [1.29, 1.82) is 0 Å². The minimum atomic E-state index is -0.383. The highest BCUT2D eigenvalue weighted by molar-refractivity contribution is 8.00. The summed E-state index contributed by atoms with van der Waals surface area (Å²) in [6.45, 7) is 4.51. The lowest BCUT2D eigenvalue weighted by Crippen LogP contribution is -2.23. The number of carbonyl (C=O) groups excluding carboxylic acids is 1. The maximum absolute atomic E-state index is 12.5. The Morgan fingerprint density at radius 2 is 2.04 bits per heavy atom. The molecule has 1 amide bonds. The van der Waals surface area contributed by atoms with Gasteiger partial charge in [-0.05, 0) is 38.1 Å². The Labute approximate surface area is 160 Å². The van der Waals surface area contributed by atoms with Crippen LogP contribution < -0.4 is 5.32 Å². The molecule has 0 aliphatic heterocycles. The van der Waals surface area contributed by atoms with E-state index in [4.69, 9.17) is 11.6 Å². The van der Waals surface area contributed by atoms with Crippen LogP contribution in [0.1, 0.15) is 13.8 Å². The van der Waals surface area contributed by atoms with Gasteiger partial charge in [0.25, 0.3) is 0 Å². The van der Waals surface area contributed by atoms with E-state index in [9.17, 15) is 4.79 Å². The number of nitrogens with one attached hydrogen (secondary N) is 1. The van der Waals surface area contributed by atoms with Gasteiger partial charge in [-0.15, -0.1) is 10.2 Å². The number of halogens is 1. The topological polar surface area (TPSA) is 85.6 Å². The first kappa shape index (κ1) is 18.3. The first-order valence-electron chi connectivity index (χ1n) is 8.01. The van der Waals surface area contributed by atoms with Crippen molar-refractivity contribution in [3.8, 4) is 11.4 Å². The van der Waals surface area contributed by atoms with Crippen LogP contribution in [0.2, 0.25) is 5.15 Å². The highest BCUT2D eigenvalue weighted by atomic mass is 35.5. The van der Waals surface area contributed by atoms with Gasteiger partial charge < -0.3 is 9.88 Å². The number of carbonyl (C=O) groups is 1. The minimum absolute atomic E-state index is 0.180. The molecule has 26 heavy (non-hydrogen) atoms. The Hall–Kier alpha value is -2.45. The van der Waals surface area contributed by atoms with E-state index in [2.05, 4.69) is 25.5 Å². The van der Waals surface area contributed by atoms with E-state index in [-0.39, 0.29) is 16.3 Å². The molecule has 0 radical (unpaired) electrons. The Morgan fingerprint density at radius 3 is 2.73 bits per heavy atom. The van der Waals surface area contributed by atoms with Crippen molar-refractivity contribution in [2.24, 2.45) is 0 Å². The second-order valence-electron chi connectivity index (χ2n) is 5.38. The van der Waals surface area contributed by atoms with Crippen LogP contribution in [0, 0.1) is 0 Å². The summed E-state index contributed by atoms with van der Waals surface area (Å²) in [5, 5.41) is 11.9. The molecule has 3 rings (SSSR count). The zero-order chi connectivity index (χ0) is 18.5. The molecular weight excluding hydrogens is 372 g/mol. The third-order valence-corrected chi connectivity index (χ3v) is 5.02. The van der Waals surface area contributed by atoms with Gasteiger partial charge in [-0.3, -0.25) is 9.78 Å². The average molecular weight is 389 g/mol. The maximum Gasteiger partial charge on any atom is 0.237 e. The predicted molar refractivity (Wildman–Crippen MR) is 102 cm³/mol. The predicted octanol–water partition coefficient (Wildman–Crippen LogP) is 3.53. The Balaban J connectivity index is 1.75. The highest BCUT2D eigenvalue weighted by Gasteiger charge is 2.21. The summed E-state index contributed by atoms with van der Waals surface area (Å²) < 4.78 is 1.97. The Bertz CT molecular complexity index is 901. The number of rotatable bonds is 6. The molecule has 0 bridgehead atoms. The van der Waals surface area contributed by atoms with Crippen molar-refractivity contribution in [1.82, 2.24) is 24.7 Å². The van der Waals surface area contributed by atoms with Crippen LogP contribution in [0.25, 0.3) is 11.4 Å². The zero-order valence-corrected chi connectivity index (χ0v) is 15.8. The molecule has 0 aliphatic rings. The molecule has 0 aromatic carbocycles. The molecule has 3 aromatic heterocycles. The Morgan fingerprint density at radius 1 is 1.27 bits per heavy atom. The van der Waals surface area contributed by atoms with Gasteiger partial charge in [-0.2, -0.15) is 0 Å². The average Bonchev–Trinajstić information content (AvgIpc) is 3.06. The van der Waals surface area contributed by atoms with E-state index < -0.39 is 0 Å². The minimum Gasteiger partial charge on any atom is -0.322 e. The molecule has 0 aliphatic carbocycles. The quantitative estimate of drug-likeness (QED) is 0.513. The number of hydrogen-bond donors (Lipinski definition) is 1. The van der Waals surface area contributed by atoms with Crippen LogP contribution in [0.4, 0.5) is 5.69 Å². The summed E-state index contributed by atoms with van der Waals surface area (Å²) in [7, 11) is 0. The van der Waals surface area contributed by atoms with Gasteiger partial charge in [0, 0.05) is 30.7 Å². The summed E-state index contributed by atoms with van der Waals surface area (Å²) >= 11 is 7.33. The molecule has 0 unspecified atom stereocenters. The fraction of sp³-hybridized carbons (Fsp3) is 0.235. The Kier molecular flexibility index (Phi) is 5.85. The lowest BCUT2D eigenvalue weighted by Gasteiger charge is -2.13. The summed E-state index contributed by atoms with van der Waals surface area (Å²) in [5.74, 6) is 0.571. The lowest BCUT2D eigenvalue weighted by molar-refractivity contribution is -0.115. The lowest BCUT2D eigenvalue weighted by atomic mass is 10.2. The van der Waals surface area contributed by atoms with Crippen molar-refractivity contribution < 1.29 is 4.79 Å². The second kappa shape index (κ2) is 8.29. The second-order valence-corrected chi connectivity index (χ2v) is 7.04. The highest BCUT2D eigenvalue weighted by Crippen LogP contribution is 2.27. The number of hydrogen-bond acceptors (Lipinski definition) is 6. The molecule has 0 saturated heterocycles. The third kappa shape index (κ3) is 4.03. The fourth-order valence-corrected chi connectivity index (χ4v) is 3.38. The van der Waals surface area contributed by atoms with Crippen molar-refractivity contribution in [3.63, 3.8) is 0 Å². The smallest absolute Gasteiger partial charge is 0.237 e. The largest absolute Gasteiger partial charge is 0.322 e. The number of amides is 1. The normalized spacial score (nSPS) is 12.0. The first-order chi connectivity index (χ1) is 12.6. The van der Waals surface area contributed by atoms with Crippen LogP contribution in [-0.2, 0) is 11.3 Å². The number of anilines is 1. The summed E-state index contributed by atoms with van der Waals surface area (Å²) in [4.78, 5) is 20.4. The standard InChI is InChI=1S/C17H17ClN6OS/c1-3-24-15(12-6-9-19-10-7-12)22-23-17(24)26-11(2)16(25)21-13-5-4-8-20-14(13)18/h4-11H,3H2,1-2H3,(H,21,25)/t11-/m0/s1. The molecule has 1 N–H and O–H groups in total. The summed E-state index contributed by atoms with van der Waals surface area (Å²) in [6.07, 6.45) is 5.00. The van der Waals surface area contributed by atoms with Crippen LogP contribution in [0.5, 0.6) is 0 Å². The van der Waals surface area contributed by atoms with E-state index in [0.29, 0.717) is 17.4 Å². The molecule has 1 atom stereocenters. The van der Waals surface area contributed by atoms with E-state index in [0.717, 1.165) is 11.4 Å². The van der Waals surface area contributed by atoms with Crippen LogP contribution in [0.3, 0.4) is 0 Å². The molecule has 0 spiro atoms. The molecule has 0 saturated carbocycles. The maximum atomic E-state index is 12.5. The van der Waals surface area contributed by atoms with E-state index in [1.54, 1.807) is 30.7 Å². The van der Waals surface area contributed by atoms with Gasteiger partial charge in [0.05, 0.1) is 10.9 Å². The van der Waals surface area contributed by atoms with Gasteiger partial charge in [-0.25, -0.2) is 4.98 Å². The fourth-order valence-electron chi connectivity index (χ4n) is 2.30. The molecule has 134 valence electrons. The van der Waals surface area contributed by atoms with Crippen LogP contribution in [0.15, 0.2) is 48.0 Å².